The molecule has 28 heavy (non-hydrogen) atoms. The van der Waals surface area contributed by atoms with Gasteiger partial charge in [-0.3, -0.25) is 0 Å². The standard InChI is InChI=1S/C20H28N6O.HI/c1-4-21-19(22-13-18-25-24-17-10-7-11-26(17)18)23-15-12-20(2,3)27-16-9-6-5-8-14(15)16;/h5-6,8-9,15H,4,7,10-13H2,1-3H3,(H2,21,22,23);1H. The summed E-state index contributed by atoms with van der Waals surface area (Å²) >= 11 is 0. The Labute approximate surface area is 183 Å². The number of aryl methyl sites for hydroxylation is 1. The molecule has 1 aromatic heterocycles. The fourth-order valence-electron chi connectivity index (χ4n) is 3.89. The third kappa shape index (κ3) is 4.42. The minimum atomic E-state index is -0.225. The molecule has 2 aromatic rings. The first-order valence-electron chi connectivity index (χ1n) is 9.79. The summed E-state index contributed by atoms with van der Waals surface area (Å²) in [6, 6.07) is 8.37. The van der Waals surface area contributed by atoms with Crippen molar-refractivity contribution in [1.82, 2.24) is 25.4 Å². The van der Waals surface area contributed by atoms with Gasteiger partial charge in [-0.1, -0.05) is 18.2 Å². The number of rotatable bonds is 4. The molecule has 2 aliphatic heterocycles. The lowest BCUT2D eigenvalue weighted by atomic mass is 9.90. The molecular weight excluding hydrogens is 467 g/mol. The maximum Gasteiger partial charge on any atom is 0.192 e. The Morgan fingerprint density at radius 1 is 1.32 bits per heavy atom. The van der Waals surface area contributed by atoms with E-state index in [0.29, 0.717) is 6.54 Å². The molecule has 0 fully saturated rings. The normalized spacial score (nSPS) is 19.8. The molecule has 0 amide bonds. The molecule has 2 N–H and O–H groups in total. The van der Waals surface area contributed by atoms with Gasteiger partial charge in [-0.2, -0.15) is 0 Å². The Balaban J connectivity index is 0.00000225. The highest BCUT2D eigenvalue weighted by Crippen LogP contribution is 2.39. The Hall–Kier alpha value is -1.84. The monoisotopic (exact) mass is 496 g/mol. The van der Waals surface area contributed by atoms with Crippen LogP contribution in [0.3, 0.4) is 0 Å². The van der Waals surface area contributed by atoms with Gasteiger partial charge in [0, 0.05) is 31.5 Å². The van der Waals surface area contributed by atoms with Crippen LogP contribution in [-0.2, 0) is 19.5 Å². The van der Waals surface area contributed by atoms with Crippen LogP contribution in [-0.4, -0.2) is 32.9 Å². The van der Waals surface area contributed by atoms with Crippen molar-refractivity contribution in [1.29, 1.82) is 0 Å². The number of guanidine groups is 1. The molecule has 8 heteroatoms. The van der Waals surface area contributed by atoms with Gasteiger partial charge in [-0.15, -0.1) is 34.2 Å². The fourth-order valence-corrected chi connectivity index (χ4v) is 3.89. The average Bonchev–Trinajstić information content (AvgIpc) is 3.23. The molecule has 0 bridgehead atoms. The van der Waals surface area contributed by atoms with Crippen molar-refractivity contribution in [2.75, 3.05) is 6.54 Å². The first kappa shape index (κ1) is 20.9. The molecule has 0 radical (unpaired) electrons. The van der Waals surface area contributed by atoms with E-state index in [1.807, 2.05) is 12.1 Å². The van der Waals surface area contributed by atoms with Crippen LogP contribution in [0.25, 0.3) is 0 Å². The van der Waals surface area contributed by atoms with Gasteiger partial charge >= 0.3 is 0 Å². The van der Waals surface area contributed by atoms with Gasteiger partial charge in [0.2, 0.25) is 0 Å². The van der Waals surface area contributed by atoms with Gasteiger partial charge in [0.1, 0.15) is 23.7 Å². The lowest BCUT2D eigenvalue weighted by Gasteiger charge is -2.38. The molecule has 0 aliphatic carbocycles. The van der Waals surface area contributed by atoms with E-state index in [-0.39, 0.29) is 35.6 Å². The van der Waals surface area contributed by atoms with Gasteiger partial charge in [0.25, 0.3) is 0 Å². The summed E-state index contributed by atoms with van der Waals surface area (Å²) in [5, 5.41) is 15.5. The number of ether oxygens (including phenoxy) is 1. The van der Waals surface area contributed by atoms with Crippen LogP contribution in [0.4, 0.5) is 0 Å². The molecule has 0 saturated heterocycles. The van der Waals surface area contributed by atoms with E-state index in [9.17, 15) is 0 Å². The van der Waals surface area contributed by atoms with Gasteiger partial charge in [0.05, 0.1) is 6.04 Å². The summed E-state index contributed by atoms with van der Waals surface area (Å²) in [6.45, 7) is 8.66. The summed E-state index contributed by atoms with van der Waals surface area (Å²) in [4.78, 5) is 4.78. The van der Waals surface area contributed by atoms with Gasteiger partial charge in [-0.05, 0) is 33.3 Å². The number of aliphatic imine (C=N–C) groups is 1. The third-order valence-electron chi connectivity index (χ3n) is 5.10. The second-order valence-electron chi connectivity index (χ2n) is 7.78. The largest absolute Gasteiger partial charge is 0.487 e. The number of nitrogens with one attached hydrogen (secondary N) is 2. The van der Waals surface area contributed by atoms with Crippen molar-refractivity contribution in [3.8, 4) is 5.75 Å². The fraction of sp³-hybridized carbons (Fsp3) is 0.550. The maximum absolute atomic E-state index is 6.14. The summed E-state index contributed by atoms with van der Waals surface area (Å²) in [6.07, 6.45) is 3.03. The molecular formula is C20H29IN6O. The quantitative estimate of drug-likeness (QED) is 0.387. The van der Waals surface area contributed by atoms with Gasteiger partial charge < -0.3 is 19.9 Å². The van der Waals surface area contributed by atoms with Crippen LogP contribution in [0.5, 0.6) is 5.75 Å². The van der Waals surface area contributed by atoms with Crippen LogP contribution in [0.15, 0.2) is 29.3 Å². The Morgan fingerprint density at radius 2 is 2.14 bits per heavy atom. The minimum absolute atomic E-state index is 0. The first-order valence-corrected chi connectivity index (χ1v) is 9.79. The van der Waals surface area contributed by atoms with Crippen molar-refractivity contribution in [3.63, 3.8) is 0 Å². The molecule has 152 valence electrons. The van der Waals surface area contributed by atoms with E-state index in [1.54, 1.807) is 0 Å². The van der Waals surface area contributed by atoms with E-state index in [0.717, 1.165) is 55.7 Å². The number of hydrogen-bond acceptors (Lipinski definition) is 4. The highest BCUT2D eigenvalue weighted by molar-refractivity contribution is 14.0. The van der Waals surface area contributed by atoms with E-state index in [4.69, 9.17) is 9.73 Å². The number of aromatic nitrogens is 3. The number of hydrogen-bond donors (Lipinski definition) is 2. The van der Waals surface area contributed by atoms with Crippen LogP contribution in [0, 0.1) is 0 Å². The van der Waals surface area contributed by atoms with E-state index >= 15 is 0 Å². The van der Waals surface area contributed by atoms with Gasteiger partial charge in [-0.25, -0.2) is 4.99 Å². The Kier molecular flexibility index (Phi) is 6.47. The predicted octanol–water partition coefficient (Wildman–Crippen LogP) is 3.20. The lowest BCUT2D eigenvalue weighted by molar-refractivity contribution is 0.0694. The summed E-state index contributed by atoms with van der Waals surface area (Å²) in [5.41, 5.74) is 0.947. The molecule has 2 aliphatic rings. The summed E-state index contributed by atoms with van der Waals surface area (Å²) in [7, 11) is 0. The van der Waals surface area contributed by atoms with Crippen LogP contribution >= 0.6 is 24.0 Å². The van der Waals surface area contributed by atoms with E-state index < -0.39 is 0 Å². The zero-order valence-corrected chi connectivity index (χ0v) is 19.1. The SMILES string of the molecule is CCNC(=NCc1nnc2n1CCC2)NC1CC(C)(C)Oc2ccccc21.I. The minimum Gasteiger partial charge on any atom is -0.487 e. The van der Waals surface area contributed by atoms with Gasteiger partial charge in [0.15, 0.2) is 11.8 Å². The zero-order chi connectivity index (χ0) is 18.9. The molecule has 7 nitrogen and oxygen atoms in total. The van der Waals surface area contributed by atoms with E-state index in [2.05, 4.69) is 58.3 Å². The number of nitrogens with zero attached hydrogens (tertiary/aromatic N) is 4. The van der Waals surface area contributed by atoms with E-state index in [1.165, 1.54) is 5.56 Å². The maximum atomic E-state index is 6.14. The topological polar surface area (TPSA) is 76.4 Å². The highest BCUT2D eigenvalue weighted by atomic mass is 127. The Morgan fingerprint density at radius 3 is 2.96 bits per heavy atom. The number of para-hydroxylation sites is 1. The van der Waals surface area contributed by atoms with Crippen molar-refractivity contribution in [3.05, 3.63) is 41.5 Å². The van der Waals surface area contributed by atoms with Crippen LogP contribution in [0.1, 0.15) is 56.9 Å². The molecule has 4 rings (SSSR count). The average molecular weight is 496 g/mol. The summed E-state index contributed by atoms with van der Waals surface area (Å²) in [5.74, 6) is 3.76. The molecule has 3 heterocycles. The van der Waals surface area contributed by atoms with Crippen LogP contribution in [0.2, 0.25) is 0 Å². The predicted molar refractivity (Wildman–Crippen MR) is 120 cm³/mol. The molecule has 0 saturated carbocycles. The third-order valence-corrected chi connectivity index (χ3v) is 5.10. The zero-order valence-electron chi connectivity index (χ0n) is 16.7. The lowest BCUT2D eigenvalue weighted by Crippen LogP contribution is -2.45. The number of benzene rings is 1. The number of fused-ring (bicyclic) bond motifs is 2. The van der Waals surface area contributed by atoms with Crippen molar-refractivity contribution < 1.29 is 4.74 Å². The van der Waals surface area contributed by atoms with Crippen molar-refractivity contribution in [2.24, 2.45) is 4.99 Å². The van der Waals surface area contributed by atoms with Crippen molar-refractivity contribution in [2.45, 2.75) is 64.8 Å². The molecule has 1 unspecified atom stereocenters. The molecule has 1 atom stereocenters. The van der Waals surface area contributed by atoms with Crippen molar-refractivity contribution >= 4 is 29.9 Å². The second kappa shape index (κ2) is 8.67. The Bertz CT molecular complexity index is 847. The molecule has 0 spiro atoms. The highest BCUT2D eigenvalue weighted by Gasteiger charge is 2.34. The summed E-state index contributed by atoms with van der Waals surface area (Å²) < 4.78 is 8.33. The molecule has 1 aromatic carbocycles. The smallest absolute Gasteiger partial charge is 0.192 e. The number of halogens is 1. The first-order chi connectivity index (χ1) is 13.1. The van der Waals surface area contributed by atoms with Crippen LogP contribution < -0.4 is 15.4 Å². The second-order valence-corrected chi connectivity index (χ2v) is 7.78.